The van der Waals surface area contributed by atoms with Gasteiger partial charge in [-0.05, 0) is 54.3 Å². The Morgan fingerprint density at radius 1 is 1.07 bits per heavy atom. The van der Waals surface area contributed by atoms with Crippen molar-refractivity contribution in [2.24, 2.45) is 0 Å². The van der Waals surface area contributed by atoms with E-state index in [2.05, 4.69) is 11.9 Å². The van der Waals surface area contributed by atoms with E-state index in [1.807, 2.05) is 60.0 Å². The molecule has 0 aliphatic heterocycles. The number of amides is 1. The van der Waals surface area contributed by atoms with Crippen molar-refractivity contribution in [2.75, 3.05) is 11.5 Å². The van der Waals surface area contributed by atoms with Gasteiger partial charge in [0, 0.05) is 16.6 Å². The van der Waals surface area contributed by atoms with Crippen LogP contribution in [0.2, 0.25) is 0 Å². The van der Waals surface area contributed by atoms with Crippen molar-refractivity contribution in [1.82, 2.24) is 4.98 Å². The highest BCUT2D eigenvalue weighted by atomic mass is 32.1. The Bertz CT molecular complexity index is 817. The van der Waals surface area contributed by atoms with Gasteiger partial charge < -0.3 is 4.74 Å². The second kappa shape index (κ2) is 9.88. The normalized spacial score (nSPS) is 10.6. The molecule has 0 saturated carbocycles. The zero-order valence-electron chi connectivity index (χ0n) is 15.5. The molecule has 0 aliphatic carbocycles. The summed E-state index contributed by atoms with van der Waals surface area (Å²) < 4.78 is 5.74. The number of hydrogen-bond donors (Lipinski definition) is 0. The molecular formula is C22H24N2O2S. The monoisotopic (exact) mass is 380 g/mol. The van der Waals surface area contributed by atoms with Gasteiger partial charge in [0.1, 0.15) is 11.6 Å². The highest BCUT2D eigenvalue weighted by molar-refractivity contribution is 7.09. The molecule has 2 heterocycles. The number of carbonyl (C=O) groups excluding carboxylic acids is 1. The number of rotatable bonds is 9. The number of nitrogens with zero attached hydrogens (tertiary/aromatic N) is 2. The molecule has 1 amide bonds. The molecule has 3 aromatic rings. The fourth-order valence-electron chi connectivity index (χ4n) is 2.72. The Balaban J connectivity index is 1.73. The van der Waals surface area contributed by atoms with Crippen LogP contribution in [-0.2, 0) is 6.54 Å². The molecular weight excluding hydrogens is 356 g/mol. The summed E-state index contributed by atoms with van der Waals surface area (Å²) in [5.74, 6) is 1.38. The third-order valence-electron chi connectivity index (χ3n) is 4.18. The zero-order chi connectivity index (χ0) is 18.9. The van der Waals surface area contributed by atoms with Crippen molar-refractivity contribution < 1.29 is 9.53 Å². The number of anilines is 1. The van der Waals surface area contributed by atoms with Crippen LogP contribution in [0.1, 0.15) is 41.4 Å². The lowest BCUT2D eigenvalue weighted by atomic mass is 10.2. The molecule has 5 heteroatoms. The van der Waals surface area contributed by atoms with Gasteiger partial charge >= 0.3 is 0 Å². The summed E-state index contributed by atoms with van der Waals surface area (Å²) in [4.78, 5) is 20.3. The summed E-state index contributed by atoms with van der Waals surface area (Å²) >= 11 is 1.63. The van der Waals surface area contributed by atoms with Crippen LogP contribution in [0.4, 0.5) is 5.82 Å². The molecule has 2 aromatic heterocycles. The van der Waals surface area contributed by atoms with Crippen LogP contribution in [0.3, 0.4) is 0 Å². The smallest absolute Gasteiger partial charge is 0.259 e. The molecule has 0 fully saturated rings. The van der Waals surface area contributed by atoms with Gasteiger partial charge in [-0.25, -0.2) is 4.98 Å². The molecule has 1 aromatic carbocycles. The van der Waals surface area contributed by atoms with Crippen LogP contribution in [0.25, 0.3) is 0 Å². The van der Waals surface area contributed by atoms with Crippen LogP contribution in [0, 0.1) is 0 Å². The Kier molecular flexibility index (Phi) is 6.99. The van der Waals surface area contributed by atoms with Gasteiger partial charge in [-0.3, -0.25) is 9.69 Å². The lowest BCUT2D eigenvalue weighted by molar-refractivity contribution is 0.0984. The second-order valence-corrected chi connectivity index (χ2v) is 7.27. The van der Waals surface area contributed by atoms with E-state index >= 15 is 0 Å². The highest BCUT2D eigenvalue weighted by Gasteiger charge is 2.19. The number of aromatic nitrogens is 1. The van der Waals surface area contributed by atoms with E-state index < -0.39 is 0 Å². The largest absolute Gasteiger partial charge is 0.494 e. The Hall–Kier alpha value is -2.66. The summed E-state index contributed by atoms with van der Waals surface area (Å²) in [6, 6.07) is 17.0. The fraction of sp³-hybridized carbons (Fsp3) is 0.273. The summed E-state index contributed by atoms with van der Waals surface area (Å²) in [5, 5.41) is 2.01. The molecule has 4 nitrogen and oxygen atoms in total. The SMILES string of the molecule is CCCCCOc1ccc(C(=O)N(Cc2cccs2)c2ccccn2)cc1. The van der Waals surface area contributed by atoms with Crippen molar-refractivity contribution in [2.45, 2.75) is 32.7 Å². The Labute approximate surface area is 164 Å². The molecule has 140 valence electrons. The minimum absolute atomic E-state index is 0.0698. The van der Waals surface area contributed by atoms with Crippen LogP contribution < -0.4 is 9.64 Å². The van der Waals surface area contributed by atoms with Gasteiger partial charge in [0.2, 0.25) is 0 Å². The van der Waals surface area contributed by atoms with Gasteiger partial charge in [-0.2, -0.15) is 0 Å². The lowest BCUT2D eigenvalue weighted by Crippen LogP contribution is -2.30. The maximum atomic E-state index is 13.1. The molecule has 0 saturated heterocycles. The average Bonchev–Trinajstić information content (AvgIpc) is 3.23. The van der Waals surface area contributed by atoms with Crippen LogP contribution in [0.5, 0.6) is 5.75 Å². The van der Waals surface area contributed by atoms with Gasteiger partial charge in [0.15, 0.2) is 0 Å². The molecule has 0 atom stereocenters. The van der Waals surface area contributed by atoms with E-state index in [4.69, 9.17) is 4.74 Å². The number of benzene rings is 1. The van der Waals surface area contributed by atoms with Crippen molar-refractivity contribution >= 4 is 23.1 Å². The number of thiophene rings is 1. The van der Waals surface area contributed by atoms with Crippen molar-refractivity contribution in [3.63, 3.8) is 0 Å². The lowest BCUT2D eigenvalue weighted by Gasteiger charge is -2.21. The predicted octanol–water partition coefficient (Wildman–Crippen LogP) is 5.56. The van der Waals surface area contributed by atoms with E-state index in [0.29, 0.717) is 24.5 Å². The molecule has 0 bridgehead atoms. The topological polar surface area (TPSA) is 42.4 Å². The van der Waals surface area contributed by atoms with E-state index in [1.54, 1.807) is 22.4 Å². The number of carbonyl (C=O) groups is 1. The van der Waals surface area contributed by atoms with Crippen LogP contribution in [0.15, 0.2) is 66.2 Å². The molecule has 0 N–H and O–H groups in total. The molecule has 0 unspecified atom stereocenters. The molecule has 3 rings (SSSR count). The third-order valence-corrected chi connectivity index (χ3v) is 5.04. The molecule has 0 spiro atoms. The summed E-state index contributed by atoms with van der Waals surface area (Å²) in [5.41, 5.74) is 0.623. The molecule has 0 radical (unpaired) electrons. The van der Waals surface area contributed by atoms with Crippen LogP contribution in [-0.4, -0.2) is 17.5 Å². The van der Waals surface area contributed by atoms with Gasteiger partial charge in [0.05, 0.1) is 13.2 Å². The third kappa shape index (κ3) is 5.41. The first-order valence-corrected chi connectivity index (χ1v) is 10.1. The summed E-state index contributed by atoms with van der Waals surface area (Å²) in [6.45, 7) is 3.38. The van der Waals surface area contributed by atoms with Gasteiger partial charge in [0.25, 0.3) is 5.91 Å². The van der Waals surface area contributed by atoms with E-state index in [1.165, 1.54) is 12.8 Å². The minimum atomic E-state index is -0.0698. The van der Waals surface area contributed by atoms with Crippen molar-refractivity contribution in [3.05, 3.63) is 76.6 Å². The van der Waals surface area contributed by atoms with Crippen LogP contribution >= 0.6 is 11.3 Å². The first-order chi connectivity index (χ1) is 13.3. The molecule has 27 heavy (non-hydrogen) atoms. The zero-order valence-corrected chi connectivity index (χ0v) is 16.3. The standard InChI is InChI=1S/C22H24N2O2S/c1-2-3-6-15-26-19-12-10-18(11-13-19)22(25)24(17-20-8-7-16-27-20)21-9-4-5-14-23-21/h4-5,7-14,16H,2-3,6,15,17H2,1H3. The number of unbranched alkanes of at least 4 members (excludes halogenated alkanes) is 2. The predicted molar refractivity (Wildman–Crippen MR) is 111 cm³/mol. The van der Waals surface area contributed by atoms with E-state index in [-0.39, 0.29) is 5.91 Å². The minimum Gasteiger partial charge on any atom is -0.494 e. The maximum absolute atomic E-state index is 13.1. The number of ether oxygens (including phenoxy) is 1. The van der Waals surface area contributed by atoms with Crippen molar-refractivity contribution in [1.29, 1.82) is 0 Å². The van der Waals surface area contributed by atoms with Gasteiger partial charge in [-0.1, -0.05) is 31.9 Å². The quantitative estimate of drug-likeness (QED) is 0.457. The number of pyridine rings is 1. The molecule has 0 aliphatic rings. The van der Waals surface area contributed by atoms with E-state index in [9.17, 15) is 4.79 Å². The first-order valence-electron chi connectivity index (χ1n) is 9.26. The number of hydrogen-bond acceptors (Lipinski definition) is 4. The fourth-order valence-corrected chi connectivity index (χ4v) is 3.41. The Morgan fingerprint density at radius 3 is 2.59 bits per heavy atom. The summed E-state index contributed by atoms with van der Waals surface area (Å²) in [6.07, 6.45) is 5.09. The van der Waals surface area contributed by atoms with Crippen molar-refractivity contribution in [3.8, 4) is 5.75 Å². The maximum Gasteiger partial charge on any atom is 0.259 e. The van der Waals surface area contributed by atoms with Gasteiger partial charge in [-0.15, -0.1) is 11.3 Å². The first kappa shape index (κ1) is 19.1. The van der Waals surface area contributed by atoms with E-state index in [0.717, 1.165) is 17.0 Å². The second-order valence-electron chi connectivity index (χ2n) is 6.24. The highest BCUT2D eigenvalue weighted by Crippen LogP contribution is 2.21. The average molecular weight is 381 g/mol. The Morgan fingerprint density at radius 2 is 1.93 bits per heavy atom. The summed E-state index contributed by atoms with van der Waals surface area (Å²) in [7, 11) is 0.